The van der Waals surface area contributed by atoms with Crippen molar-refractivity contribution in [3.63, 3.8) is 0 Å². The number of nitrogens with zero attached hydrogens (tertiary/aromatic N) is 1. The van der Waals surface area contributed by atoms with Crippen molar-refractivity contribution in [1.29, 1.82) is 0 Å². The van der Waals surface area contributed by atoms with Gasteiger partial charge in [0.1, 0.15) is 5.75 Å². The van der Waals surface area contributed by atoms with E-state index in [1.54, 1.807) is 18.2 Å². The second kappa shape index (κ2) is 8.09. The molecule has 0 fully saturated rings. The predicted octanol–water partition coefficient (Wildman–Crippen LogP) is 2.13. The molecule has 0 aliphatic carbocycles. The van der Waals surface area contributed by atoms with Gasteiger partial charge in [0, 0.05) is 12.7 Å². The molecule has 0 bridgehead atoms. The van der Waals surface area contributed by atoms with Crippen molar-refractivity contribution in [2.45, 2.75) is 0 Å². The van der Waals surface area contributed by atoms with Crippen molar-refractivity contribution in [2.75, 3.05) is 37.1 Å². The molecular weight excluding hydrogens is 372 g/mol. The van der Waals surface area contributed by atoms with Crippen molar-refractivity contribution in [2.24, 2.45) is 0 Å². The summed E-state index contributed by atoms with van der Waals surface area (Å²) in [5, 5.41) is 2.68. The Hall–Kier alpha value is -3.07. The third-order valence-corrected chi connectivity index (χ3v) is 5.06. The summed E-state index contributed by atoms with van der Waals surface area (Å²) in [6.45, 7) is 0. The number of ether oxygens (including phenoxy) is 2. The highest BCUT2D eigenvalue weighted by molar-refractivity contribution is 7.92. The molecule has 0 saturated heterocycles. The van der Waals surface area contributed by atoms with Gasteiger partial charge in [0.2, 0.25) is 10.0 Å². The van der Waals surface area contributed by atoms with Crippen molar-refractivity contribution in [3.8, 4) is 5.75 Å². The predicted molar refractivity (Wildman–Crippen MR) is 102 cm³/mol. The molecule has 8 nitrogen and oxygen atoms in total. The van der Waals surface area contributed by atoms with Gasteiger partial charge in [-0.3, -0.25) is 9.10 Å². The first-order valence-corrected chi connectivity index (χ1v) is 9.64. The van der Waals surface area contributed by atoms with E-state index in [9.17, 15) is 18.0 Å². The minimum absolute atomic E-state index is 0.169. The number of esters is 1. The summed E-state index contributed by atoms with van der Waals surface area (Å²) < 4.78 is 34.3. The largest absolute Gasteiger partial charge is 0.496 e. The molecule has 0 radical (unpaired) electrons. The molecule has 144 valence electrons. The van der Waals surface area contributed by atoms with Crippen molar-refractivity contribution >= 4 is 33.3 Å². The number of hydrogen-bond acceptors (Lipinski definition) is 6. The monoisotopic (exact) mass is 392 g/mol. The molecule has 2 rings (SSSR count). The number of carbonyl (C=O) groups excluding carboxylic acids is 2. The van der Waals surface area contributed by atoms with Gasteiger partial charge in [-0.25, -0.2) is 13.2 Å². The van der Waals surface area contributed by atoms with Gasteiger partial charge < -0.3 is 14.8 Å². The van der Waals surface area contributed by atoms with Crippen LogP contribution in [-0.4, -0.2) is 47.8 Å². The smallest absolute Gasteiger partial charge is 0.337 e. The van der Waals surface area contributed by atoms with E-state index in [0.29, 0.717) is 22.7 Å². The third-order valence-electron chi connectivity index (χ3n) is 3.85. The Morgan fingerprint density at radius 3 is 2.19 bits per heavy atom. The number of sulfonamides is 1. The van der Waals surface area contributed by atoms with Gasteiger partial charge in [-0.1, -0.05) is 0 Å². The Bertz CT molecular complexity index is 954. The fourth-order valence-electron chi connectivity index (χ4n) is 2.27. The van der Waals surface area contributed by atoms with Crippen LogP contribution in [0.3, 0.4) is 0 Å². The summed E-state index contributed by atoms with van der Waals surface area (Å²) in [6.07, 6.45) is 1.07. The number of rotatable bonds is 6. The topological polar surface area (TPSA) is 102 Å². The van der Waals surface area contributed by atoms with E-state index in [1.807, 2.05) is 0 Å². The molecule has 0 aliphatic rings. The number of amides is 1. The number of methoxy groups -OCH3 is 2. The SMILES string of the molecule is COC(=O)c1ccc(NC(=O)c2cc(N(C)S(C)(=O)=O)ccc2OC)cc1. The molecule has 0 atom stereocenters. The molecule has 0 aromatic heterocycles. The van der Waals surface area contributed by atoms with Crippen LogP contribution in [0.4, 0.5) is 11.4 Å². The van der Waals surface area contributed by atoms with Gasteiger partial charge in [-0.05, 0) is 42.5 Å². The van der Waals surface area contributed by atoms with Gasteiger partial charge in [-0.2, -0.15) is 0 Å². The first kappa shape index (κ1) is 20.2. The zero-order chi connectivity index (χ0) is 20.2. The summed E-state index contributed by atoms with van der Waals surface area (Å²) in [4.78, 5) is 24.1. The maximum atomic E-state index is 12.6. The van der Waals surface area contributed by atoms with E-state index >= 15 is 0 Å². The van der Waals surface area contributed by atoms with Crippen molar-refractivity contribution in [3.05, 3.63) is 53.6 Å². The lowest BCUT2D eigenvalue weighted by molar-refractivity contribution is 0.0600. The van der Waals surface area contributed by atoms with Gasteiger partial charge in [0.05, 0.1) is 37.3 Å². The van der Waals surface area contributed by atoms with E-state index in [0.717, 1.165) is 10.6 Å². The highest BCUT2D eigenvalue weighted by atomic mass is 32.2. The molecule has 9 heteroatoms. The molecule has 1 amide bonds. The lowest BCUT2D eigenvalue weighted by Gasteiger charge is -2.18. The Labute approximate surface area is 157 Å². The fraction of sp³-hybridized carbons (Fsp3) is 0.222. The summed E-state index contributed by atoms with van der Waals surface area (Å²) in [7, 11) is 0.614. The minimum atomic E-state index is -3.48. The van der Waals surface area contributed by atoms with Crippen LogP contribution in [0, 0.1) is 0 Å². The molecule has 0 aliphatic heterocycles. The van der Waals surface area contributed by atoms with Gasteiger partial charge in [-0.15, -0.1) is 0 Å². The number of nitrogens with one attached hydrogen (secondary N) is 1. The normalized spacial score (nSPS) is 10.8. The first-order valence-electron chi connectivity index (χ1n) is 7.79. The summed E-state index contributed by atoms with van der Waals surface area (Å²) >= 11 is 0. The molecule has 0 unspecified atom stereocenters. The highest BCUT2D eigenvalue weighted by Gasteiger charge is 2.18. The summed E-state index contributed by atoms with van der Waals surface area (Å²) in [5.41, 5.74) is 1.30. The van der Waals surface area contributed by atoms with Crippen LogP contribution in [0.2, 0.25) is 0 Å². The lowest BCUT2D eigenvalue weighted by Crippen LogP contribution is -2.25. The van der Waals surface area contributed by atoms with Crippen LogP contribution in [0.1, 0.15) is 20.7 Å². The fourth-order valence-corrected chi connectivity index (χ4v) is 2.76. The second-order valence-electron chi connectivity index (χ2n) is 5.64. The molecule has 2 aromatic rings. The van der Waals surface area contributed by atoms with Crippen LogP contribution in [0.5, 0.6) is 5.75 Å². The van der Waals surface area contributed by atoms with Gasteiger partial charge in [0.25, 0.3) is 5.91 Å². The maximum absolute atomic E-state index is 12.6. The van der Waals surface area contributed by atoms with E-state index in [4.69, 9.17) is 4.74 Å². The first-order chi connectivity index (χ1) is 12.7. The average Bonchev–Trinajstić information content (AvgIpc) is 2.66. The highest BCUT2D eigenvalue weighted by Crippen LogP contribution is 2.26. The second-order valence-corrected chi connectivity index (χ2v) is 7.65. The Morgan fingerprint density at radius 2 is 1.67 bits per heavy atom. The Morgan fingerprint density at radius 1 is 1.04 bits per heavy atom. The standard InChI is InChI=1S/C18H20N2O6S/c1-20(27(4,23)24)14-9-10-16(25-2)15(11-14)17(21)19-13-7-5-12(6-8-13)18(22)26-3/h5-11H,1-4H3,(H,19,21). The summed E-state index contributed by atoms with van der Waals surface area (Å²) in [5.74, 6) is -0.670. The lowest BCUT2D eigenvalue weighted by atomic mass is 10.1. The molecule has 0 spiro atoms. The Balaban J connectivity index is 2.30. The molecule has 27 heavy (non-hydrogen) atoms. The van der Waals surface area contributed by atoms with Gasteiger partial charge in [0.15, 0.2) is 0 Å². The number of carbonyl (C=O) groups is 2. The third kappa shape index (κ3) is 4.76. The zero-order valence-corrected chi connectivity index (χ0v) is 16.2. The minimum Gasteiger partial charge on any atom is -0.496 e. The van der Waals surface area contributed by atoms with Crippen molar-refractivity contribution in [1.82, 2.24) is 0 Å². The van der Waals surface area contributed by atoms with Crippen LogP contribution in [0.15, 0.2) is 42.5 Å². The molecule has 0 heterocycles. The molecule has 2 aromatic carbocycles. The average molecular weight is 392 g/mol. The van der Waals surface area contributed by atoms with E-state index in [2.05, 4.69) is 10.1 Å². The number of benzene rings is 2. The van der Waals surface area contributed by atoms with E-state index in [-0.39, 0.29) is 5.56 Å². The molecular formula is C18H20N2O6S. The Kier molecular flexibility index (Phi) is 6.06. The number of anilines is 2. The molecule has 1 N–H and O–H groups in total. The zero-order valence-electron chi connectivity index (χ0n) is 15.3. The van der Waals surface area contributed by atoms with Crippen LogP contribution in [-0.2, 0) is 14.8 Å². The maximum Gasteiger partial charge on any atom is 0.337 e. The van der Waals surface area contributed by atoms with Crippen LogP contribution >= 0.6 is 0 Å². The van der Waals surface area contributed by atoms with E-state index < -0.39 is 21.9 Å². The summed E-state index contributed by atoms with van der Waals surface area (Å²) in [6, 6.07) is 10.7. The van der Waals surface area contributed by atoms with Crippen LogP contribution < -0.4 is 14.4 Å². The number of hydrogen-bond donors (Lipinski definition) is 1. The van der Waals surface area contributed by atoms with Crippen molar-refractivity contribution < 1.29 is 27.5 Å². The van der Waals surface area contributed by atoms with Crippen LogP contribution in [0.25, 0.3) is 0 Å². The molecule has 0 saturated carbocycles. The van der Waals surface area contributed by atoms with Gasteiger partial charge >= 0.3 is 5.97 Å². The van der Waals surface area contributed by atoms with E-state index in [1.165, 1.54) is 45.5 Å². The quantitative estimate of drug-likeness (QED) is 0.756.